The molecule has 2 aromatic carbocycles. The number of sulfone groups is 1. The summed E-state index contributed by atoms with van der Waals surface area (Å²) in [5.41, 5.74) is 1.79. The first-order valence-electron chi connectivity index (χ1n) is 8.99. The molecule has 6 heteroatoms. The van der Waals surface area contributed by atoms with Crippen molar-refractivity contribution in [1.29, 1.82) is 0 Å². The third-order valence-corrected chi connectivity index (χ3v) is 7.06. The number of para-hydroxylation sites is 1. The minimum Gasteiger partial charge on any atom is -0.494 e. The van der Waals surface area contributed by atoms with Crippen LogP contribution >= 0.6 is 15.9 Å². The largest absolute Gasteiger partial charge is 0.494 e. The Morgan fingerprint density at radius 2 is 1.74 bits per heavy atom. The van der Waals surface area contributed by atoms with Crippen LogP contribution in [0.5, 0.6) is 5.75 Å². The highest BCUT2D eigenvalue weighted by Gasteiger charge is 2.29. The molecule has 3 rings (SSSR count). The quantitative estimate of drug-likeness (QED) is 0.363. The zero-order chi connectivity index (χ0) is 19.6. The van der Waals surface area contributed by atoms with Crippen molar-refractivity contribution in [2.75, 3.05) is 11.9 Å². The predicted molar refractivity (Wildman–Crippen MR) is 113 cm³/mol. The number of alkyl halides is 1. The summed E-state index contributed by atoms with van der Waals surface area (Å²) in [6.45, 7) is 4.65. The van der Waals surface area contributed by atoms with Gasteiger partial charge in [-0.25, -0.2) is 8.42 Å². The monoisotopic (exact) mass is 449 g/mol. The molecule has 3 aromatic rings. The maximum absolute atomic E-state index is 13.5. The molecule has 0 amide bonds. The van der Waals surface area contributed by atoms with Gasteiger partial charge in [-0.15, -0.1) is 0 Å². The van der Waals surface area contributed by atoms with Crippen LogP contribution in [0.15, 0.2) is 58.5 Å². The van der Waals surface area contributed by atoms with E-state index in [0.29, 0.717) is 17.4 Å². The van der Waals surface area contributed by atoms with Gasteiger partial charge in [0.1, 0.15) is 10.8 Å². The number of hydrogen-bond donors (Lipinski definition) is 0. The van der Waals surface area contributed by atoms with Crippen LogP contribution in [-0.4, -0.2) is 24.9 Å². The van der Waals surface area contributed by atoms with Crippen molar-refractivity contribution in [3.05, 3.63) is 54.1 Å². The van der Waals surface area contributed by atoms with Crippen molar-refractivity contribution in [3.8, 4) is 5.75 Å². The van der Waals surface area contributed by atoms with Gasteiger partial charge in [0.05, 0.1) is 11.5 Å². The van der Waals surface area contributed by atoms with E-state index in [1.54, 1.807) is 28.8 Å². The molecule has 0 unspecified atom stereocenters. The number of rotatable bonds is 7. The second-order valence-corrected chi connectivity index (χ2v) is 9.47. The lowest BCUT2D eigenvalue weighted by molar-refractivity contribution is 0.319. The van der Waals surface area contributed by atoms with Gasteiger partial charge in [0.2, 0.25) is 9.84 Å². The normalized spacial score (nSPS) is 12.0. The van der Waals surface area contributed by atoms with Gasteiger partial charge in [0, 0.05) is 23.3 Å². The number of hydrogen-bond acceptors (Lipinski definition) is 3. The Morgan fingerprint density at radius 3 is 2.37 bits per heavy atom. The summed E-state index contributed by atoms with van der Waals surface area (Å²) in [6, 6.07) is 14.5. The van der Waals surface area contributed by atoms with Crippen LogP contribution in [0.1, 0.15) is 31.7 Å². The van der Waals surface area contributed by atoms with Crippen LogP contribution in [-0.2, 0) is 16.9 Å². The van der Waals surface area contributed by atoms with Crippen LogP contribution in [0.4, 0.5) is 0 Å². The number of aryl methyl sites for hydroxylation is 1. The van der Waals surface area contributed by atoms with Crippen LogP contribution < -0.4 is 4.74 Å². The molecule has 1 aromatic heterocycles. The van der Waals surface area contributed by atoms with E-state index < -0.39 is 9.84 Å². The van der Waals surface area contributed by atoms with Gasteiger partial charge < -0.3 is 9.30 Å². The van der Waals surface area contributed by atoms with Crippen LogP contribution in [0.25, 0.3) is 10.9 Å². The molecule has 1 heterocycles. The molecule has 27 heavy (non-hydrogen) atoms. The molecule has 0 saturated carbocycles. The van der Waals surface area contributed by atoms with E-state index in [0.717, 1.165) is 28.2 Å². The lowest BCUT2D eigenvalue weighted by Crippen LogP contribution is -2.10. The molecule has 0 radical (unpaired) electrons. The van der Waals surface area contributed by atoms with Crippen molar-refractivity contribution in [2.45, 2.75) is 36.1 Å². The average Bonchev–Trinajstić information content (AvgIpc) is 2.96. The van der Waals surface area contributed by atoms with Gasteiger partial charge in [-0.2, -0.15) is 0 Å². The Labute approximate surface area is 169 Å². The Balaban J connectivity index is 2.07. The first-order chi connectivity index (χ1) is 12.9. The van der Waals surface area contributed by atoms with E-state index in [4.69, 9.17) is 4.74 Å². The maximum atomic E-state index is 13.5. The highest BCUT2D eigenvalue weighted by Crippen LogP contribution is 2.37. The van der Waals surface area contributed by atoms with Gasteiger partial charge in [-0.1, -0.05) is 48.0 Å². The smallest absolute Gasteiger partial charge is 0.222 e. The molecule has 0 fully saturated rings. The van der Waals surface area contributed by atoms with Gasteiger partial charge >= 0.3 is 0 Å². The number of ether oxygens (including phenoxy) is 1. The highest BCUT2D eigenvalue weighted by molar-refractivity contribution is 9.09. The lowest BCUT2D eigenvalue weighted by Gasteiger charge is -2.12. The Hall–Kier alpha value is -1.79. The SMILES string of the molecule is CC(C)c1c(S(=O)(=O)c2ccc(OCCCBr)cc2)n(C)c2ccccc12. The zero-order valence-corrected chi connectivity index (χ0v) is 18.2. The molecule has 0 N–H and O–H groups in total. The lowest BCUT2D eigenvalue weighted by atomic mass is 10.0. The second-order valence-electron chi connectivity index (χ2n) is 6.82. The predicted octanol–water partition coefficient (Wildman–Crippen LogP) is 5.30. The Kier molecular flexibility index (Phi) is 5.96. The van der Waals surface area contributed by atoms with Crippen molar-refractivity contribution in [3.63, 3.8) is 0 Å². The van der Waals surface area contributed by atoms with Crippen molar-refractivity contribution >= 4 is 36.7 Å². The second kappa shape index (κ2) is 8.07. The van der Waals surface area contributed by atoms with E-state index in [-0.39, 0.29) is 10.8 Å². The molecule has 0 spiro atoms. The van der Waals surface area contributed by atoms with E-state index in [1.165, 1.54) is 0 Å². The zero-order valence-electron chi connectivity index (χ0n) is 15.8. The average molecular weight is 450 g/mol. The molecule has 4 nitrogen and oxygen atoms in total. The van der Waals surface area contributed by atoms with Gasteiger partial charge in [0.15, 0.2) is 0 Å². The molecule has 144 valence electrons. The molecule has 0 atom stereocenters. The molecule has 0 saturated heterocycles. The molecule has 0 aliphatic carbocycles. The Bertz CT molecular complexity index is 1040. The molecular formula is C21H24BrNO3S. The maximum Gasteiger partial charge on any atom is 0.222 e. The molecule has 0 bridgehead atoms. The minimum atomic E-state index is -3.65. The summed E-state index contributed by atoms with van der Waals surface area (Å²) in [5.74, 6) is 0.767. The summed E-state index contributed by atoms with van der Waals surface area (Å²) in [7, 11) is -1.83. The Morgan fingerprint density at radius 1 is 1.07 bits per heavy atom. The summed E-state index contributed by atoms with van der Waals surface area (Å²) in [6.07, 6.45) is 0.897. The highest BCUT2D eigenvalue weighted by atomic mass is 79.9. The number of aromatic nitrogens is 1. The van der Waals surface area contributed by atoms with E-state index in [1.807, 2.05) is 45.2 Å². The fourth-order valence-corrected chi connectivity index (χ4v) is 5.39. The first-order valence-corrected chi connectivity index (χ1v) is 11.6. The molecular weight excluding hydrogens is 426 g/mol. The van der Waals surface area contributed by atoms with Crippen molar-refractivity contribution in [2.24, 2.45) is 7.05 Å². The van der Waals surface area contributed by atoms with E-state index >= 15 is 0 Å². The van der Waals surface area contributed by atoms with Crippen LogP contribution in [0.2, 0.25) is 0 Å². The summed E-state index contributed by atoms with van der Waals surface area (Å²) < 4.78 is 34.3. The number of halogens is 1. The first kappa shape index (κ1) is 20.0. The fraction of sp³-hybridized carbons (Fsp3) is 0.333. The number of benzene rings is 2. The number of nitrogens with zero attached hydrogens (tertiary/aromatic N) is 1. The number of fused-ring (bicyclic) bond motifs is 1. The topological polar surface area (TPSA) is 48.3 Å². The van der Waals surface area contributed by atoms with E-state index in [9.17, 15) is 8.42 Å². The molecule has 0 aliphatic heterocycles. The van der Waals surface area contributed by atoms with Crippen LogP contribution in [0, 0.1) is 0 Å². The summed E-state index contributed by atoms with van der Waals surface area (Å²) in [4.78, 5) is 0.281. The van der Waals surface area contributed by atoms with Gasteiger partial charge in [-0.05, 0) is 48.2 Å². The summed E-state index contributed by atoms with van der Waals surface area (Å²) in [5, 5.41) is 2.23. The standard InChI is InChI=1S/C21H24BrNO3S/c1-15(2)20-18-7-4-5-8-19(18)23(3)21(20)27(24,25)17-11-9-16(10-12-17)26-14-6-13-22/h4-5,7-12,15H,6,13-14H2,1-3H3. The molecule has 0 aliphatic rings. The van der Waals surface area contributed by atoms with E-state index in [2.05, 4.69) is 15.9 Å². The third-order valence-electron chi connectivity index (χ3n) is 4.60. The van der Waals surface area contributed by atoms with Gasteiger partial charge in [-0.3, -0.25) is 0 Å². The van der Waals surface area contributed by atoms with Crippen molar-refractivity contribution in [1.82, 2.24) is 4.57 Å². The van der Waals surface area contributed by atoms with Gasteiger partial charge in [0.25, 0.3) is 0 Å². The minimum absolute atomic E-state index is 0.0905. The van der Waals surface area contributed by atoms with Crippen LogP contribution in [0.3, 0.4) is 0 Å². The van der Waals surface area contributed by atoms with Crippen molar-refractivity contribution < 1.29 is 13.2 Å². The fourth-order valence-electron chi connectivity index (χ4n) is 3.35. The summed E-state index contributed by atoms with van der Waals surface area (Å²) >= 11 is 3.36. The third kappa shape index (κ3) is 3.78.